The molecule has 2 aromatic rings. The summed E-state index contributed by atoms with van der Waals surface area (Å²) < 4.78 is 11.4. The van der Waals surface area contributed by atoms with E-state index in [1.165, 1.54) is 0 Å². The van der Waals surface area contributed by atoms with Crippen LogP contribution in [0.5, 0.6) is 11.5 Å². The summed E-state index contributed by atoms with van der Waals surface area (Å²) >= 11 is 0. The fourth-order valence-electron chi connectivity index (χ4n) is 4.08. The second-order valence-electron chi connectivity index (χ2n) is 8.88. The maximum Gasteiger partial charge on any atom is 0.261 e. The van der Waals surface area contributed by atoms with Crippen LogP contribution in [0, 0.1) is 6.92 Å². The molecule has 2 aromatic carbocycles. The molecule has 2 amide bonds. The van der Waals surface area contributed by atoms with Gasteiger partial charge in [-0.3, -0.25) is 9.59 Å². The van der Waals surface area contributed by atoms with Gasteiger partial charge < -0.3 is 24.2 Å². The Kier molecular flexibility index (Phi) is 9.33. The van der Waals surface area contributed by atoms with Gasteiger partial charge in [-0.15, -0.1) is 0 Å². The lowest BCUT2D eigenvalue weighted by molar-refractivity contribution is -0.132. The number of rotatable bonds is 10. The topological polar surface area (TPSA) is 62.3 Å². The van der Waals surface area contributed by atoms with Gasteiger partial charge in [-0.2, -0.15) is 0 Å². The van der Waals surface area contributed by atoms with Crippen molar-refractivity contribution in [3.8, 4) is 11.5 Å². The fourth-order valence-corrected chi connectivity index (χ4v) is 4.08. The first kappa shape index (κ1) is 25.6. The highest BCUT2D eigenvalue weighted by molar-refractivity contribution is 6.08. The summed E-state index contributed by atoms with van der Waals surface area (Å²) in [5.74, 6) is 1.32. The predicted molar refractivity (Wildman–Crippen MR) is 135 cm³/mol. The predicted octanol–water partition coefficient (Wildman–Crippen LogP) is 3.99. The Labute approximate surface area is 203 Å². The van der Waals surface area contributed by atoms with E-state index >= 15 is 0 Å². The molecule has 0 aromatic heterocycles. The van der Waals surface area contributed by atoms with Crippen molar-refractivity contribution in [2.24, 2.45) is 0 Å². The number of amides is 2. The Morgan fingerprint density at radius 1 is 0.971 bits per heavy atom. The highest BCUT2D eigenvalue weighted by Crippen LogP contribution is 2.31. The molecular formula is C27H37N3O4. The van der Waals surface area contributed by atoms with Gasteiger partial charge in [0, 0.05) is 39.6 Å². The molecule has 0 atom stereocenters. The molecule has 0 saturated carbocycles. The van der Waals surface area contributed by atoms with Gasteiger partial charge in [-0.1, -0.05) is 18.2 Å². The van der Waals surface area contributed by atoms with E-state index in [0.29, 0.717) is 35.8 Å². The van der Waals surface area contributed by atoms with E-state index < -0.39 is 0 Å². The van der Waals surface area contributed by atoms with Gasteiger partial charge in [0.25, 0.3) is 5.91 Å². The highest BCUT2D eigenvalue weighted by atomic mass is 16.5. The lowest BCUT2D eigenvalue weighted by atomic mass is 10.1. The van der Waals surface area contributed by atoms with E-state index in [4.69, 9.17) is 9.47 Å². The normalized spacial score (nSPS) is 14.1. The maximum atomic E-state index is 13.1. The molecule has 1 fully saturated rings. The van der Waals surface area contributed by atoms with Crippen LogP contribution in [0.25, 0.3) is 0 Å². The first-order valence-electron chi connectivity index (χ1n) is 12.0. The van der Waals surface area contributed by atoms with Crippen molar-refractivity contribution >= 4 is 17.5 Å². The van der Waals surface area contributed by atoms with Crippen LogP contribution < -0.4 is 14.4 Å². The van der Waals surface area contributed by atoms with Gasteiger partial charge in [0.15, 0.2) is 0 Å². The number of carbonyl (C=O) groups excluding carboxylic acids is 2. The number of piperazine rings is 1. The zero-order valence-corrected chi connectivity index (χ0v) is 20.9. The number of anilines is 1. The van der Waals surface area contributed by atoms with E-state index in [-0.39, 0.29) is 11.8 Å². The third-order valence-electron chi connectivity index (χ3n) is 6.27. The van der Waals surface area contributed by atoms with E-state index in [1.54, 1.807) is 31.2 Å². The summed E-state index contributed by atoms with van der Waals surface area (Å²) in [7, 11) is 5.40. The summed E-state index contributed by atoms with van der Waals surface area (Å²) in [6.45, 7) is 6.10. The number of nitrogens with zero attached hydrogens (tertiary/aromatic N) is 3. The van der Waals surface area contributed by atoms with Crippen LogP contribution in [0.15, 0.2) is 42.5 Å². The molecule has 0 bridgehead atoms. The Balaban J connectivity index is 1.51. The third kappa shape index (κ3) is 6.73. The van der Waals surface area contributed by atoms with Gasteiger partial charge in [-0.05, 0) is 63.1 Å². The number of ether oxygens (including phenoxy) is 2. The van der Waals surface area contributed by atoms with Gasteiger partial charge in [0.2, 0.25) is 5.91 Å². The standard InChI is InChI=1S/C27H37N3O4/c1-21-13-14-23(29(3)27(32)22-10-7-8-11-24(22)33-4)25(20-21)34-19-9-5-6-12-26(31)30-17-15-28(2)16-18-30/h7-8,10-11,13-14,20H,5-6,9,12,15-19H2,1-4H3. The minimum absolute atomic E-state index is 0.159. The van der Waals surface area contributed by atoms with Crippen LogP contribution in [0.1, 0.15) is 41.6 Å². The summed E-state index contributed by atoms with van der Waals surface area (Å²) in [6, 6.07) is 13.0. The van der Waals surface area contributed by atoms with Gasteiger partial charge in [0.05, 0.1) is 25.0 Å². The number of hydrogen-bond acceptors (Lipinski definition) is 5. The second kappa shape index (κ2) is 12.4. The molecular weight excluding hydrogens is 430 g/mol. The quantitative estimate of drug-likeness (QED) is 0.495. The van der Waals surface area contributed by atoms with Gasteiger partial charge in [0.1, 0.15) is 11.5 Å². The summed E-state index contributed by atoms with van der Waals surface area (Å²) in [4.78, 5) is 31.3. The average molecular weight is 468 g/mol. The molecule has 7 nitrogen and oxygen atoms in total. The van der Waals surface area contributed by atoms with Crippen LogP contribution in [0.4, 0.5) is 5.69 Å². The molecule has 1 aliphatic heterocycles. The Hall–Kier alpha value is -3.06. The van der Waals surface area contributed by atoms with E-state index in [0.717, 1.165) is 51.0 Å². The Morgan fingerprint density at radius 2 is 1.71 bits per heavy atom. The lowest BCUT2D eigenvalue weighted by Gasteiger charge is -2.32. The van der Waals surface area contributed by atoms with Crippen molar-refractivity contribution in [2.45, 2.75) is 32.6 Å². The SMILES string of the molecule is COc1ccccc1C(=O)N(C)c1ccc(C)cc1OCCCCCC(=O)N1CCN(C)CC1. The lowest BCUT2D eigenvalue weighted by Crippen LogP contribution is -2.47. The number of para-hydroxylation sites is 1. The molecule has 0 radical (unpaired) electrons. The molecule has 184 valence electrons. The number of aryl methyl sites for hydroxylation is 1. The van der Waals surface area contributed by atoms with Gasteiger partial charge >= 0.3 is 0 Å². The summed E-state index contributed by atoms with van der Waals surface area (Å²) in [5.41, 5.74) is 2.28. The van der Waals surface area contributed by atoms with Crippen LogP contribution in [0.2, 0.25) is 0 Å². The highest BCUT2D eigenvalue weighted by Gasteiger charge is 2.21. The zero-order valence-electron chi connectivity index (χ0n) is 20.9. The van der Waals surface area contributed by atoms with E-state index in [9.17, 15) is 9.59 Å². The smallest absolute Gasteiger partial charge is 0.261 e. The molecule has 7 heteroatoms. The third-order valence-corrected chi connectivity index (χ3v) is 6.27. The molecule has 0 unspecified atom stereocenters. The van der Waals surface area contributed by atoms with Crippen molar-refractivity contribution in [1.29, 1.82) is 0 Å². The molecule has 0 spiro atoms. The number of benzene rings is 2. The van der Waals surface area contributed by atoms with Crippen LogP contribution in [-0.2, 0) is 4.79 Å². The Morgan fingerprint density at radius 3 is 2.44 bits per heavy atom. The number of hydrogen-bond donors (Lipinski definition) is 0. The van der Waals surface area contributed by atoms with Crippen molar-refractivity contribution in [3.63, 3.8) is 0 Å². The molecule has 0 aliphatic carbocycles. The number of methoxy groups -OCH3 is 1. The van der Waals surface area contributed by atoms with Crippen molar-refractivity contribution in [2.75, 3.05) is 58.9 Å². The van der Waals surface area contributed by atoms with Crippen LogP contribution in [-0.4, -0.2) is 75.6 Å². The Bertz CT molecular complexity index is 970. The zero-order chi connectivity index (χ0) is 24.5. The van der Waals surface area contributed by atoms with Crippen molar-refractivity contribution in [3.05, 3.63) is 53.6 Å². The van der Waals surface area contributed by atoms with Crippen LogP contribution in [0.3, 0.4) is 0 Å². The molecule has 0 N–H and O–H groups in total. The monoisotopic (exact) mass is 467 g/mol. The number of unbranched alkanes of at least 4 members (excludes halogenated alkanes) is 2. The molecule has 34 heavy (non-hydrogen) atoms. The first-order chi connectivity index (χ1) is 16.4. The number of likely N-dealkylation sites (N-methyl/N-ethyl adjacent to an activating group) is 1. The van der Waals surface area contributed by atoms with Gasteiger partial charge in [-0.25, -0.2) is 0 Å². The minimum Gasteiger partial charge on any atom is -0.496 e. The fraction of sp³-hybridized carbons (Fsp3) is 0.481. The largest absolute Gasteiger partial charge is 0.496 e. The van der Waals surface area contributed by atoms with Crippen molar-refractivity contribution in [1.82, 2.24) is 9.80 Å². The first-order valence-corrected chi connectivity index (χ1v) is 12.0. The summed E-state index contributed by atoms with van der Waals surface area (Å²) in [6.07, 6.45) is 3.24. The molecule has 3 rings (SSSR count). The average Bonchev–Trinajstić information content (AvgIpc) is 2.85. The second-order valence-corrected chi connectivity index (χ2v) is 8.88. The van der Waals surface area contributed by atoms with Crippen molar-refractivity contribution < 1.29 is 19.1 Å². The van der Waals surface area contributed by atoms with E-state index in [1.807, 2.05) is 42.2 Å². The molecule has 1 saturated heterocycles. The summed E-state index contributed by atoms with van der Waals surface area (Å²) in [5, 5.41) is 0. The maximum absolute atomic E-state index is 13.1. The van der Waals surface area contributed by atoms with Crippen LogP contribution >= 0.6 is 0 Å². The molecule has 1 aliphatic rings. The van der Waals surface area contributed by atoms with E-state index in [2.05, 4.69) is 11.9 Å². The molecule has 1 heterocycles. The minimum atomic E-state index is -0.159. The number of carbonyl (C=O) groups is 2.